The van der Waals surface area contributed by atoms with Crippen LogP contribution >= 0.6 is 0 Å². The van der Waals surface area contributed by atoms with E-state index in [1.165, 1.54) is 0 Å². The van der Waals surface area contributed by atoms with Crippen LogP contribution < -0.4 is 10.6 Å². The Bertz CT molecular complexity index is 395. The van der Waals surface area contributed by atoms with Crippen molar-refractivity contribution in [3.8, 4) is 6.07 Å². The van der Waals surface area contributed by atoms with E-state index in [0.717, 1.165) is 11.3 Å². The normalized spacial score (nSPS) is 9.41. The van der Waals surface area contributed by atoms with Crippen LogP contribution in [0.3, 0.4) is 0 Å². The lowest BCUT2D eigenvalue weighted by Gasteiger charge is -2.06. The molecule has 1 amide bonds. The van der Waals surface area contributed by atoms with E-state index in [1.54, 1.807) is 7.11 Å². The van der Waals surface area contributed by atoms with E-state index in [4.69, 9.17) is 10.00 Å². The Morgan fingerprint density at radius 1 is 1.41 bits per heavy atom. The Labute approximate surface area is 100 Å². The highest BCUT2D eigenvalue weighted by atomic mass is 16.5. The maximum absolute atomic E-state index is 11.2. The van der Waals surface area contributed by atoms with Crippen molar-refractivity contribution in [2.75, 3.05) is 25.5 Å². The number of methoxy groups -OCH3 is 1. The molecule has 2 N–H and O–H groups in total. The summed E-state index contributed by atoms with van der Waals surface area (Å²) < 4.78 is 5.00. The number of nitrogens with one attached hydrogen (secondary N) is 2. The van der Waals surface area contributed by atoms with Crippen LogP contribution in [-0.2, 0) is 16.1 Å². The van der Waals surface area contributed by atoms with Gasteiger partial charge in [0, 0.05) is 12.8 Å². The van der Waals surface area contributed by atoms with E-state index in [2.05, 4.69) is 10.6 Å². The molecule has 1 aromatic carbocycles. The third kappa shape index (κ3) is 5.00. The van der Waals surface area contributed by atoms with Gasteiger partial charge in [0.1, 0.15) is 6.54 Å². The standard InChI is InChI=1S/C12H15N3O2/c1-17-9-10-2-4-11(5-3-10)15-8-12(16)14-7-6-13/h2-5,15H,7-9H2,1H3,(H,14,16). The van der Waals surface area contributed by atoms with Crippen molar-refractivity contribution in [3.05, 3.63) is 29.8 Å². The predicted molar refractivity (Wildman–Crippen MR) is 64.3 cm³/mol. The average Bonchev–Trinajstić information content (AvgIpc) is 2.36. The molecule has 0 heterocycles. The molecular weight excluding hydrogens is 218 g/mol. The first kappa shape index (κ1) is 13.0. The number of ether oxygens (including phenoxy) is 1. The van der Waals surface area contributed by atoms with Crippen molar-refractivity contribution in [2.45, 2.75) is 6.61 Å². The summed E-state index contributed by atoms with van der Waals surface area (Å²) in [5.74, 6) is -0.201. The fourth-order valence-corrected chi connectivity index (χ4v) is 1.27. The Hall–Kier alpha value is -2.06. The highest BCUT2D eigenvalue weighted by molar-refractivity contribution is 5.80. The van der Waals surface area contributed by atoms with E-state index in [-0.39, 0.29) is 19.0 Å². The number of carbonyl (C=O) groups excluding carboxylic acids is 1. The van der Waals surface area contributed by atoms with E-state index in [1.807, 2.05) is 30.3 Å². The maximum Gasteiger partial charge on any atom is 0.240 e. The Balaban J connectivity index is 2.37. The second kappa shape index (κ2) is 7.25. The summed E-state index contributed by atoms with van der Waals surface area (Å²) in [6, 6.07) is 9.47. The van der Waals surface area contributed by atoms with Gasteiger partial charge in [-0.15, -0.1) is 0 Å². The van der Waals surface area contributed by atoms with Gasteiger partial charge in [-0.3, -0.25) is 4.79 Å². The third-order valence-electron chi connectivity index (χ3n) is 2.08. The van der Waals surface area contributed by atoms with Gasteiger partial charge in [0.05, 0.1) is 19.2 Å². The lowest BCUT2D eigenvalue weighted by molar-refractivity contribution is -0.119. The van der Waals surface area contributed by atoms with Crippen LogP contribution in [0.15, 0.2) is 24.3 Å². The van der Waals surface area contributed by atoms with E-state index >= 15 is 0 Å². The Kier molecular flexibility index (Phi) is 5.55. The van der Waals surface area contributed by atoms with Crippen molar-refractivity contribution in [3.63, 3.8) is 0 Å². The molecule has 0 aliphatic rings. The minimum Gasteiger partial charge on any atom is -0.380 e. The van der Waals surface area contributed by atoms with Crippen molar-refractivity contribution in [1.82, 2.24) is 5.32 Å². The Morgan fingerprint density at radius 3 is 2.71 bits per heavy atom. The summed E-state index contributed by atoms with van der Waals surface area (Å²) >= 11 is 0. The second-order valence-corrected chi connectivity index (χ2v) is 3.42. The number of anilines is 1. The van der Waals surface area contributed by atoms with E-state index in [9.17, 15) is 4.79 Å². The molecule has 0 unspecified atom stereocenters. The molecule has 17 heavy (non-hydrogen) atoms. The highest BCUT2D eigenvalue weighted by Crippen LogP contribution is 2.09. The largest absolute Gasteiger partial charge is 0.380 e. The van der Waals surface area contributed by atoms with Gasteiger partial charge < -0.3 is 15.4 Å². The molecule has 5 heteroatoms. The van der Waals surface area contributed by atoms with Gasteiger partial charge in [-0.05, 0) is 17.7 Å². The van der Waals surface area contributed by atoms with Gasteiger partial charge in [-0.1, -0.05) is 12.1 Å². The zero-order chi connectivity index (χ0) is 12.5. The number of hydrogen-bond acceptors (Lipinski definition) is 4. The van der Waals surface area contributed by atoms with Gasteiger partial charge in [0.2, 0.25) is 5.91 Å². The zero-order valence-electron chi connectivity index (χ0n) is 9.69. The number of amides is 1. The van der Waals surface area contributed by atoms with E-state index < -0.39 is 0 Å². The lowest BCUT2D eigenvalue weighted by Crippen LogP contribution is -2.29. The number of hydrogen-bond donors (Lipinski definition) is 2. The van der Waals surface area contributed by atoms with Crippen molar-refractivity contribution >= 4 is 11.6 Å². The number of carbonyl (C=O) groups is 1. The first-order valence-electron chi connectivity index (χ1n) is 5.21. The molecule has 0 aliphatic heterocycles. The summed E-state index contributed by atoms with van der Waals surface area (Å²) in [5.41, 5.74) is 1.93. The summed E-state index contributed by atoms with van der Waals surface area (Å²) in [4.78, 5) is 11.2. The molecule has 0 saturated heterocycles. The summed E-state index contributed by atoms with van der Waals surface area (Å²) in [6.07, 6.45) is 0. The molecule has 0 radical (unpaired) electrons. The minimum absolute atomic E-state index is 0.0350. The molecule has 0 aliphatic carbocycles. The number of benzene rings is 1. The molecule has 0 bridgehead atoms. The second-order valence-electron chi connectivity index (χ2n) is 3.42. The molecule has 0 spiro atoms. The summed E-state index contributed by atoms with van der Waals surface area (Å²) in [7, 11) is 1.64. The summed E-state index contributed by atoms with van der Waals surface area (Å²) in [6.45, 7) is 0.765. The smallest absolute Gasteiger partial charge is 0.240 e. The summed E-state index contributed by atoms with van der Waals surface area (Å²) in [5, 5.41) is 13.7. The molecule has 5 nitrogen and oxygen atoms in total. The van der Waals surface area contributed by atoms with Crippen LogP contribution in [0.25, 0.3) is 0 Å². The zero-order valence-corrected chi connectivity index (χ0v) is 9.69. The Morgan fingerprint density at radius 2 is 2.12 bits per heavy atom. The molecule has 0 aromatic heterocycles. The fourth-order valence-electron chi connectivity index (χ4n) is 1.27. The average molecular weight is 233 g/mol. The maximum atomic E-state index is 11.2. The predicted octanol–water partition coefficient (Wildman–Crippen LogP) is 0.885. The lowest BCUT2D eigenvalue weighted by atomic mass is 10.2. The van der Waals surface area contributed by atoms with Gasteiger partial charge in [0.15, 0.2) is 0 Å². The van der Waals surface area contributed by atoms with Crippen LogP contribution in [0.1, 0.15) is 5.56 Å². The number of nitrogens with zero attached hydrogens (tertiary/aromatic N) is 1. The van der Waals surface area contributed by atoms with Crippen molar-refractivity contribution in [2.24, 2.45) is 0 Å². The number of rotatable bonds is 6. The molecule has 1 rings (SSSR count). The van der Waals surface area contributed by atoms with Crippen LogP contribution in [0, 0.1) is 11.3 Å². The van der Waals surface area contributed by atoms with Gasteiger partial charge in [-0.2, -0.15) is 5.26 Å². The van der Waals surface area contributed by atoms with Crippen LogP contribution in [0.4, 0.5) is 5.69 Å². The topological polar surface area (TPSA) is 74.2 Å². The molecule has 0 fully saturated rings. The third-order valence-corrected chi connectivity index (χ3v) is 2.08. The monoisotopic (exact) mass is 233 g/mol. The van der Waals surface area contributed by atoms with Crippen LogP contribution in [0.5, 0.6) is 0 Å². The van der Waals surface area contributed by atoms with Crippen LogP contribution in [-0.4, -0.2) is 26.1 Å². The molecule has 1 aromatic rings. The first-order valence-corrected chi connectivity index (χ1v) is 5.21. The SMILES string of the molecule is COCc1ccc(NCC(=O)NCC#N)cc1. The quantitative estimate of drug-likeness (QED) is 0.715. The fraction of sp³-hybridized carbons (Fsp3) is 0.333. The minimum atomic E-state index is -0.201. The van der Waals surface area contributed by atoms with Gasteiger partial charge in [-0.25, -0.2) is 0 Å². The van der Waals surface area contributed by atoms with Gasteiger partial charge >= 0.3 is 0 Å². The molecule has 0 atom stereocenters. The first-order chi connectivity index (χ1) is 8.26. The van der Waals surface area contributed by atoms with Gasteiger partial charge in [0.25, 0.3) is 0 Å². The van der Waals surface area contributed by atoms with Crippen molar-refractivity contribution in [1.29, 1.82) is 5.26 Å². The highest BCUT2D eigenvalue weighted by Gasteiger charge is 1.99. The number of nitriles is 1. The molecule has 0 saturated carbocycles. The molecule has 90 valence electrons. The van der Waals surface area contributed by atoms with Crippen LogP contribution in [0.2, 0.25) is 0 Å². The van der Waals surface area contributed by atoms with E-state index in [0.29, 0.717) is 6.61 Å². The van der Waals surface area contributed by atoms with Crippen molar-refractivity contribution < 1.29 is 9.53 Å². The molecular formula is C12H15N3O2.